The number of nitrogens with zero attached hydrogens (tertiary/aromatic N) is 1. The molecular formula is C17H16ClNO2S. The van der Waals surface area contributed by atoms with Crippen LogP contribution in [0.2, 0.25) is 5.02 Å². The molecule has 0 radical (unpaired) electrons. The summed E-state index contributed by atoms with van der Waals surface area (Å²) in [6, 6.07) is 12.5. The highest BCUT2D eigenvalue weighted by Gasteiger charge is 2.45. The second kappa shape index (κ2) is 5.52. The van der Waals surface area contributed by atoms with Crippen molar-refractivity contribution in [2.24, 2.45) is 0 Å². The Morgan fingerprint density at radius 1 is 1.32 bits per heavy atom. The molecule has 2 aromatic rings. The minimum atomic E-state index is -0.625. The van der Waals surface area contributed by atoms with Crippen LogP contribution in [-0.4, -0.2) is 24.5 Å². The second-order valence-corrected chi connectivity index (χ2v) is 7.46. The molecule has 1 aliphatic rings. The third-order valence-electron chi connectivity index (χ3n) is 4.17. The minimum absolute atomic E-state index is 0.152. The van der Waals surface area contributed by atoms with Crippen LogP contribution in [0.3, 0.4) is 0 Å². The van der Waals surface area contributed by atoms with Crippen LogP contribution in [0.1, 0.15) is 12.5 Å². The Balaban J connectivity index is 2.20. The number of phenolic OH excluding ortho intramolecular Hbond substituents is 1. The summed E-state index contributed by atoms with van der Waals surface area (Å²) in [4.78, 5) is 14.8. The maximum Gasteiger partial charge on any atom is 0.144 e. The van der Waals surface area contributed by atoms with Gasteiger partial charge in [0, 0.05) is 22.5 Å². The Morgan fingerprint density at radius 2 is 2.05 bits per heavy atom. The molecule has 114 valence electrons. The molecule has 2 unspecified atom stereocenters. The molecule has 0 amide bonds. The SMILES string of the molecule is CN1c2ccccc2SC(C)(c2cc(Cl)ccc2O)C1C=O. The average Bonchev–Trinajstić information content (AvgIpc) is 2.50. The van der Waals surface area contributed by atoms with Crippen molar-refractivity contribution in [3.63, 3.8) is 0 Å². The number of aldehydes is 1. The molecule has 0 bridgehead atoms. The van der Waals surface area contributed by atoms with E-state index < -0.39 is 10.8 Å². The largest absolute Gasteiger partial charge is 0.508 e. The highest BCUT2D eigenvalue weighted by Crippen LogP contribution is 2.54. The molecule has 0 spiro atoms. The van der Waals surface area contributed by atoms with Gasteiger partial charge in [0.15, 0.2) is 0 Å². The Bertz CT molecular complexity index is 736. The smallest absolute Gasteiger partial charge is 0.144 e. The van der Waals surface area contributed by atoms with E-state index in [-0.39, 0.29) is 5.75 Å². The van der Waals surface area contributed by atoms with Crippen LogP contribution in [-0.2, 0) is 9.54 Å². The zero-order valence-electron chi connectivity index (χ0n) is 12.3. The summed E-state index contributed by atoms with van der Waals surface area (Å²) in [5.41, 5.74) is 1.69. The van der Waals surface area contributed by atoms with E-state index in [1.807, 2.05) is 43.1 Å². The van der Waals surface area contributed by atoms with Gasteiger partial charge in [0.25, 0.3) is 0 Å². The summed E-state index contributed by atoms with van der Waals surface area (Å²) in [6.07, 6.45) is 0.934. The molecule has 0 saturated carbocycles. The third kappa shape index (κ3) is 2.27. The molecule has 22 heavy (non-hydrogen) atoms. The Morgan fingerprint density at radius 3 is 2.77 bits per heavy atom. The third-order valence-corrected chi connectivity index (χ3v) is 5.86. The Kier molecular flexibility index (Phi) is 3.83. The van der Waals surface area contributed by atoms with Gasteiger partial charge in [-0.15, -0.1) is 11.8 Å². The number of carbonyl (C=O) groups excluding carboxylic acids is 1. The van der Waals surface area contributed by atoms with Gasteiger partial charge in [0.2, 0.25) is 0 Å². The maximum absolute atomic E-state index is 11.8. The summed E-state index contributed by atoms with van der Waals surface area (Å²) in [7, 11) is 1.90. The van der Waals surface area contributed by atoms with Gasteiger partial charge in [-0.1, -0.05) is 23.7 Å². The standard InChI is InChI=1S/C17H16ClNO2S/c1-17(12-9-11(18)7-8-14(12)21)16(10-20)19(2)13-5-3-4-6-15(13)22-17/h3-10,16,21H,1-2H3. The molecule has 1 heterocycles. The van der Waals surface area contributed by atoms with Crippen LogP contribution in [0.25, 0.3) is 0 Å². The summed E-state index contributed by atoms with van der Waals surface area (Å²) in [5.74, 6) is 0.152. The van der Waals surface area contributed by atoms with E-state index in [0.29, 0.717) is 10.6 Å². The van der Waals surface area contributed by atoms with E-state index in [1.54, 1.807) is 30.0 Å². The van der Waals surface area contributed by atoms with Crippen LogP contribution in [0.4, 0.5) is 5.69 Å². The van der Waals surface area contributed by atoms with E-state index in [2.05, 4.69) is 0 Å². The van der Waals surface area contributed by atoms with Gasteiger partial charge >= 0.3 is 0 Å². The van der Waals surface area contributed by atoms with Crippen LogP contribution >= 0.6 is 23.4 Å². The van der Waals surface area contributed by atoms with Crippen molar-refractivity contribution < 1.29 is 9.90 Å². The zero-order chi connectivity index (χ0) is 15.9. The molecule has 1 aliphatic heterocycles. The topological polar surface area (TPSA) is 40.5 Å². The quantitative estimate of drug-likeness (QED) is 0.841. The van der Waals surface area contributed by atoms with Crippen molar-refractivity contribution >= 4 is 35.3 Å². The Hall–Kier alpha value is -1.65. The molecule has 3 nitrogen and oxygen atoms in total. The number of hydrogen-bond acceptors (Lipinski definition) is 4. The van der Waals surface area contributed by atoms with E-state index in [9.17, 15) is 9.90 Å². The molecular weight excluding hydrogens is 318 g/mol. The van der Waals surface area contributed by atoms with E-state index >= 15 is 0 Å². The highest BCUT2D eigenvalue weighted by molar-refractivity contribution is 8.00. The lowest BCUT2D eigenvalue weighted by Gasteiger charge is -2.45. The molecule has 0 saturated heterocycles. The number of thioether (sulfide) groups is 1. The van der Waals surface area contributed by atoms with E-state index in [0.717, 1.165) is 16.9 Å². The highest BCUT2D eigenvalue weighted by atomic mass is 35.5. The molecule has 5 heteroatoms. The number of fused-ring (bicyclic) bond motifs is 1. The van der Waals surface area contributed by atoms with Crippen molar-refractivity contribution in [3.8, 4) is 5.75 Å². The molecule has 1 N–H and O–H groups in total. The summed E-state index contributed by atoms with van der Waals surface area (Å²) >= 11 is 7.68. The number of likely N-dealkylation sites (N-methyl/N-ethyl adjacent to an activating group) is 1. The van der Waals surface area contributed by atoms with Gasteiger partial charge in [-0.05, 0) is 37.3 Å². The number of phenols is 1. The Labute approximate surface area is 138 Å². The van der Waals surface area contributed by atoms with Crippen LogP contribution in [0.15, 0.2) is 47.4 Å². The predicted molar refractivity (Wildman–Crippen MR) is 91.0 cm³/mol. The molecule has 2 aromatic carbocycles. The number of carbonyl (C=O) groups is 1. The fraction of sp³-hybridized carbons (Fsp3) is 0.235. The fourth-order valence-corrected chi connectivity index (χ4v) is 4.68. The number of rotatable bonds is 2. The molecule has 0 aromatic heterocycles. The van der Waals surface area contributed by atoms with Crippen LogP contribution in [0.5, 0.6) is 5.75 Å². The summed E-state index contributed by atoms with van der Waals surface area (Å²) in [5, 5.41) is 10.8. The summed E-state index contributed by atoms with van der Waals surface area (Å²) < 4.78 is -0.625. The van der Waals surface area contributed by atoms with Crippen molar-refractivity contribution in [3.05, 3.63) is 53.1 Å². The normalized spacial score (nSPS) is 24.0. The fourth-order valence-electron chi connectivity index (χ4n) is 2.98. The van der Waals surface area contributed by atoms with Crippen molar-refractivity contribution in [2.75, 3.05) is 11.9 Å². The first kappa shape index (κ1) is 15.3. The lowest BCUT2D eigenvalue weighted by Crippen LogP contribution is -2.49. The van der Waals surface area contributed by atoms with Crippen molar-refractivity contribution in [1.82, 2.24) is 0 Å². The van der Waals surface area contributed by atoms with Gasteiger partial charge in [0.05, 0.1) is 10.4 Å². The summed E-state index contributed by atoms with van der Waals surface area (Å²) in [6.45, 7) is 1.97. The first-order valence-electron chi connectivity index (χ1n) is 6.92. The number of para-hydroxylation sites is 1. The predicted octanol–water partition coefficient (Wildman–Crippen LogP) is 4.07. The zero-order valence-corrected chi connectivity index (χ0v) is 13.9. The number of halogens is 1. The van der Waals surface area contributed by atoms with Crippen LogP contribution < -0.4 is 4.90 Å². The van der Waals surface area contributed by atoms with Gasteiger partial charge < -0.3 is 14.8 Å². The first-order valence-corrected chi connectivity index (χ1v) is 8.12. The number of hydrogen-bond donors (Lipinski definition) is 1. The van der Waals surface area contributed by atoms with Gasteiger partial charge in [-0.3, -0.25) is 0 Å². The minimum Gasteiger partial charge on any atom is -0.508 e. The average molecular weight is 334 g/mol. The molecule has 2 atom stereocenters. The molecule has 0 fully saturated rings. The number of benzene rings is 2. The molecule has 3 rings (SSSR count). The second-order valence-electron chi connectivity index (χ2n) is 5.53. The van der Waals surface area contributed by atoms with E-state index in [1.165, 1.54) is 0 Å². The monoisotopic (exact) mass is 333 g/mol. The lowest BCUT2D eigenvalue weighted by atomic mass is 9.90. The van der Waals surface area contributed by atoms with Gasteiger partial charge in [-0.2, -0.15) is 0 Å². The lowest BCUT2D eigenvalue weighted by molar-refractivity contribution is -0.109. The number of anilines is 1. The number of aromatic hydroxyl groups is 1. The van der Waals surface area contributed by atoms with Crippen LogP contribution in [0, 0.1) is 0 Å². The van der Waals surface area contributed by atoms with Gasteiger partial charge in [0.1, 0.15) is 18.1 Å². The van der Waals surface area contributed by atoms with Crippen molar-refractivity contribution in [2.45, 2.75) is 22.6 Å². The van der Waals surface area contributed by atoms with E-state index in [4.69, 9.17) is 11.6 Å². The van der Waals surface area contributed by atoms with Gasteiger partial charge in [-0.25, -0.2) is 0 Å². The first-order chi connectivity index (χ1) is 10.5. The van der Waals surface area contributed by atoms with Crippen molar-refractivity contribution in [1.29, 1.82) is 0 Å². The maximum atomic E-state index is 11.8. The molecule has 0 aliphatic carbocycles.